The minimum absolute atomic E-state index is 0.873. The van der Waals surface area contributed by atoms with Gasteiger partial charge in [0, 0.05) is 6.54 Å². The van der Waals surface area contributed by atoms with Gasteiger partial charge in [0.1, 0.15) is 0 Å². The number of hydrogen-bond acceptors (Lipinski definition) is 1. The van der Waals surface area contributed by atoms with Crippen molar-refractivity contribution in [3.05, 3.63) is 36.6 Å². The van der Waals surface area contributed by atoms with Crippen LogP contribution >= 0.6 is 0 Å². The molecule has 0 atom stereocenters. The van der Waals surface area contributed by atoms with Gasteiger partial charge < -0.3 is 5.32 Å². The summed E-state index contributed by atoms with van der Waals surface area (Å²) < 4.78 is 0. The Balaban J connectivity index is 2.64. The van der Waals surface area contributed by atoms with Crippen molar-refractivity contribution in [1.29, 1.82) is 0 Å². The van der Waals surface area contributed by atoms with Gasteiger partial charge in [-0.25, -0.2) is 0 Å². The van der Waals surface area contributed by atoms with E-state index in [0.29, 0.717) is 0 Å². The second-order valence-electron chi connectivity index (χ2n) is 1.58. The van der Waals surface area contributed by atoms with E-state index in [2.05, 4.69) is 24.2 Å². The van der Waals surface area contributed by atoms with E-state index in [1.807, 2.05) is 12.2 Å². The maximum Gasteiger partial charge on any atom is 0.0584 e. The van der Waals surface area contributed by atoms with E-state index in [1.54, 1.807) is 0 Å². The molecular weight excluding hydrogens is 98.1 g/mol. The first-order valence-electron chi connectivity index (χ1n) is 2.57. The highest BCUT2D eigenvalue weighted by Gasteiger charge is 1.87. The van der Waals surface area contributed by atoms with E-state index in [1.165, 1.54) is 0 Å². The average molecular weight is 106 g/mol. The Morgan fingerprint density at radius 2 is 2.75 bits per heavy atom. The Morgan fingerprint density at radius 1 is 1.88 bits per heavy atom. The normalized spacial score (nSPS) is 16.8. The zero-order valence-electron chi connectivity index (χ0n) is 4.65. The first-order chi connectivity index (χ1) is 3.93. The van der Waals surface area contributed by atoms with Crippen molar-refractivity contribution in [3.8, 4) is 0 Å². The van der Waals surface area contributed by atoms with Gasteiger partial charge in [0.25, 0.3) is 0 Å². The highest BCUT2D eigenvalue weighted by molar-refractivity contribution is 5.29. The fourth-order valence-corrected chi connectivity index (χ4v) is 0.563. The third kappa shape index (κ3) is 0.997. The van der Waals surface area contributed by atoms with Gasteiger partial charge >= 0.3 is 0 Å². The summed E-state index contributed by atoms with van der Waals surface area (Å²) in [6.45, 7) is 4.49. The fraction of sp³-hybridized carbons (Fsp3) is 0.143. The van der Waals surface area contributed by atoms with Gasteiger partial charge in [0.2, 0.25) is 0 Å². The molecule has 1 heterocycles. The van der Waals surface area contributed by atoms with Crippen molar-refractivity contribution in [2.24, 2.45) is 0 Å². The number of rotatable bonds is 1. The van der Waals surface area contributed by atoms with E-state index in [0.717, 1.165) is 12.1 Å². The second kappa shape index (κ2) is 2.36. The lowest BCUT2D eigenvalue weighted by Crippen LogP contribution is -2.08. The maximum absolute atomic E-state index is 3.62. The lowest BCUT2D eigenvalue weighted by atomic mass is 10.2. The zero-order chi connectivity index (χ0) is 5.82. The molecule has 0 aliphatic carbocycles. The Morgan fingerprint density at radius 3 is 3.12 bits per heavy atom. The first kappa shape index (κ1) is 5.16. The van der Waals surface area contributed by atoms with Gasteiger partial charge in [0.05, 0.1) is 6.20 Å². The molecule has 1 heteroatoms. The Bertz CT molecular complexity index is 142. The average Bonchev–Trinajstić information content (AvgIpc) is 1.90. The summed E-state index contributed by atoms with van der Waals surface area (Å²) in [4.78, 5) is 0. The molecule has 0 unspecified atom stereocenters. The van der Waals surface area contributed by atoms with Crippen LogP contribution in [-0.4, -0.2) is 6.54 Å². The molecule has 0 fully saturated rings. The van der Waals surface area contributed by atoms with Crippen LogP contribution in [0.15, 0.2) is 30.4 Å². The summed E-state index contributed by atoms with van der Waals surface area (Å²) in [5, 5.41) is 2.92. The van der Waals surface area contributed by atoms with Gasteiger partial charge in [-0.2, -0.15) is 0 Å². The molecule has 8 heavy (non-hydrogen) atoms. The van der Waals surface area contributed by atoms with Crippen LogP contribution in [0.2, 0.25) is 0 Å². The van der Waals surface area contributed by atoms with Gasteiger partial charge in [-0.3, -0.25) is 0 Å². The molecule has 0 aromatic heterocycles. The largest absolute Gasteiger partial charge is 0.380 e. The van der Waals surface area contributed by atoms with Crippen molar-refractivity contribution in [2.45, 2.75) is 0 Å². The Hall–Kier alpha value is -0.980. The van der Waals surface area contributed by atoms with Crippen LogP contribution in [0.3, 0.4) is 0 Å². The first-order valence-corrected chi connectivity index (χ1v) is 2.57. The van der Waals surface area contributed by atoms with Crippen LogP contribution in [0, 0.1) is 6.20 Å². The number of nitrogens with one attached hydrogen (secondary N) is 1. The van der Waals surface area contributed by atoms with Crippen LogP contribution in [0.5, 0.6) is 0 Å². The monoisotopic (exact) mass is 106 g/mol. The van der Waals surface area contributed by atoms with Crippen molar-refractivity contribution in [1.82, 2.24) is 5.32 Å². The highest BCUT2D eigenvalue weighted by atomic mass is 14.8. The van der Waals surface area contributed by atoms with Crippen LogP contribution in [-0.2, 0) is 0 Å². The van der Waals surface area contributed by atoms with E-state index in [4.69, 9.17) is 0 Å². The second-order valence-corrected chi connectivity index (χ2v) is 1.58. The van der Waals surface area contributed by atoms with E-state index in [-0.39, 0.29) is 0 Å². The predicted molar refractivity (Wildman–Crippen MR) is 34.1 cm³/mol. The van der Waals surface area contributed by atoms with Gasteiger partial charge in [0.15, 0.2) is 0 Å². The Labute approximate surface area is 49.4 Å². The van der Waals surface area contributed by atoms with Crippen LogP contribution in [0.25, 0.3) is 0 Å². The number of allylic oxidation sites excluding steroid dienone is 3. The molecule has 0 saturated heterocycles. The minimum Gasteiger partial charge on any atom is -0.380 e. The third-order valence-electron chi connectivity index (χ3n) is 1.02. The molecule has 1 nitrogen and oxygen atoms in total. The molecule has 41 valence electrons. The lowest BCUT2D eigenvalue weighted by molar-refractivity contribution is 0.934. The molecule has 0 spiro atoms. The summed E-state index contributed by atoms with van der Waals surface area (Å²) in [5.41, 5.74) is 1.14. The SMILES string of the molecule is C=CC1=CCN[C]=C1. The fourth-order valence-electron chi connectivity index (χ4n) is 0.563. The van der Waals surface area contributed by atoms with Crippen LogP contribution < -0.4 is 5.32 Å². The highest BCUT2D eigenvalue weighted by Crippen LogP contribution is 1.98. The van der Waals surface area contributed by atoms with E-state index in [9.17, 15) is 0 Å². The van der Waals surface area contributed by atoms with Gasteiger partial charge in [-0.05, 0) is 11.6 Å². The van der Waals surface area contributed by atoms with Gasteiger partial charge in [-0.15, -0.1) is 0 Å². The molecular formula is C7H8N. The van der Waals surface area contributed by atoms with E-state index >= 15 is 0 Å². The van der Waals surface area contributed by atoms with Crippen molar-refractivity contribution >= 4 is 0 Å². The van der Waals surface area contributed by atoms with Gasteiger partial charge in [-0.1, -0.05) is 18.7 Å². The summed E-state index contributed by atoms with van der Waals surface area (Å²) in [5.74, 6) is 0. The zero-order valence-corrected chi connectivity index (χ0v) is 4.65. The predicted octanol–water partition coefficient (Wildman–Crippen LogP) is 1.02. The molecule has 1 rings (SSSR count). The Kier molecular flexibility index (Phi) is 1.52. The molecule has 0 bridgehead atoms. The quantitative estimate of drug-likeness (QED) is 0.526. The topological polar surface area (TPSA) is 12.0 Å². The molecule has 0 aromatic rings. The van der Waals surface area contributed by atoms with Crippen molar-refractivity contribution in [3.63, 3.8) is 0 Å². The molecule has 1 aliphatic heterocycles. The number of hydrogen-bond donors (Lipinski definition) is 1. The van der Waals surface area contributed by atoms with E-state index < -0.39 is 0 Å². The van der Waals surface area contributed by atoms with Crippen molar-refractivity contribution < 1.29 is 0 Å². The maximum atomic E-state index is 3.62. The third-order valence-corrected chi connectivity index (χ3v) is 1.02. The minimum atomic E-state index is 0.873. The molecule has 1 radical (unpaired) electrons. The van der Waals surface area contributed by atoms with Crippen LogP contribution in [0.4, 0.5) is 0 Å². The molecule has 1 aliphatic rings. The molecule has 1 N–H and O–H groups in total. The summed E-state index contributed by atoms with van der Waals surface area (Å²) in [6, 6.07) is 0. The summed E-state index contributed by atoms with van der Waals surface area (Å²) in [7, 11) is 0. The molecule has 0 aromatic carbocycles. The number of dihydropyridines is 1. The summed E-state index contributed by atoms with van der Waals surface area (Å²) in [6.07, 6.45) is 8.62. The molecule has 0 amide bonds. The van der Waals surface area contributed by atoms with Crippen LogP contribution in [0.1, 0.15) is 0 Å². The summed E-state index contributed by atoms with van der Waals surface area (Å²) >= 11 is 0. The molecule has 0 saturated carbocycles. The standard InChI is InChI=1S/C7H8N/c1-2-7-3-5-8-6-4-7/h2-4,8H,1,5H2. The smallest absolute Gasteiger partial charge is 0.0584 e. The van der Waals surface area contributed by atoms with Crippen molar-refractivity contribution in [2.75, 3.05) is 6.54 Å². The lowest BCUT2D eigenvalue weighted by Gasteiger charge is -2.00.